The van der Waals surface area contributed by atoms with Crippen molar-refractivity contribution in [3.05, 3.63) is 34.3 Å². The molecule has 1 fully saturated rings. The lowest BCUT2D eigenvalue weighted by Gasteiger charge is -2.34. The van der Waals surface area contributed by atoms with Crippen LogP contribution in [0.25, 0.3) is 0 Å². The zero-order valence-electron chi connectivity index (χ0n) is 11.3. The lowest BCUT2D eigenvalue weighted by atomic mass is 9.96. The highest BCUT2D eigenvalue weighted by molar-refractivity contribution is 9.10. The zero-order chi connectivity index (χ0) is 13.8. The summed E-state index contributed by atoms with van der Waals surface area (Å²) in [6.07, 6.45) is 3.37. The van der Waals surface area contributed by atoms with Gasteiger partial charge in [0.2, 0.25) is 5.91 Å². The maximum atomic E-state index is 12.3. The molecule has 1 aromatic carbocycles. The highest BCUT2D eigenvalue weighted by Crippen LogP contribution is 2.34. The van der Waals surface area contributed by atoms with E-state index in [-0.39, 0.29) is 18.0 Å². The van der Waals surface area contributed by atoms with Gasteiger partial charge < -0.3 is 10.6 Å². The van der Waals surface area contributed by atoms with Gasteiger partial charge in [0.1, 0.15) is 0 Å². The second-order valence-electron chi connectivity index (χ2n) is 5.11. The molecular weight excluding hydrogens is 304 g/mol. The van der Waals surface area contributed by atoms with Crippen molar-refractivity contribution < 1.29 is 4.79 Å². The van der Waals surface area contributed by atoms with Gasteiger partial charge in [-0.15, -0.1) is 0 Å². The Kier molecular flexibility index (Phi) is 4.99. The first kappa shape index (κ1) is 14.5. The van der Waals surface area contributed by atoms with Crippen molar-refractivity contribution in [1.29, 1.82) is 0 Å². The number of rotatable bonds is 3. The quantitative estimate of drug-likeness (QED) is 0.927. The summed E-state index contributed by atoms with van der Waals surface area (Å²) in [6.45, 7) is 2.87. The fourth-order valence-corrected chi connectivity index (χ4v) is 3.31. The smallest absolute Gasteiger partial charge is 0.223 e. The molecule has 2 rings (SSSR count). The standard InChI is InChI=1S/C15H21BrN2O/c1-2-10-18-14(19)9-5-8-13(17)15(18)11-6-3-4-7-12(11)16/h3-4,6-7,13,15H,2,5,8-10,17H2,1H3. The van der Waals surface area contributed by atoms with Crippen LogP contribution in [0.1, 0.15) is 44.2 Å². The molecule has 1 aromatic rings. The SMILES string of the molecule is CCCN1C(=O)CCCC(N)C1c1ccccc1Br. The Labute approximate surface area is 123 Å². The Hall–Kier alpha value is -0.870. The minimum Gasteiger partial charge on any atom is -0.334 e. The Morgan fingerprint density at radius 3 is 2.84 bits per heavy atom. The second kappa shape index (κ2) is 6.53. The molecule has 1 saturated heterocycles. The number of carbonyl (C=O) groups is 1. The average Bonchev–Trinajstić information content (AvgIpc) is 2.52. The van der Waals surface area contributed by atoms with E-state index in [9.17, 15) is 4.79 Å². The third kappa shape index (κ3) is 3.18. The normalized spacial score (nSPS) is 24.4. The maximum absolute atomic E-state index is 12.3. The van der Waals surface area contributed by atoms with Crippen LogP contribution in [0.5, 0.6) is 0 Å². The van der Waals surface area contributed by atoms with E-state index in [2.05, 4.69) is 28.9 Å². The fourth-order valence-electron chi connectivity index (χ4n) is 2.79. The number of nitrogens with two attached hydrogens (primary N) is 1. The molecule has 1 amide bonds. The van der Waals surface area contributed by atoms with Gasteiger partial charge >= 0.3 is 0 Å². The number of hydrogen-bond donors (Lipinski definition) is 1. The van der Waals surface area contributed by atoms with Gasteiger partial charge in [0.15, 0.2) is 0 Å². The van der Waals surface area contributed by atoms with Crippen LogP contribution in [0.3, 0.4) is 0 Å². The number of halogens is 1. The minimum absolute atomic E-state index is 0.00877. The molecule has 2 N–H and O–H groups in total. The monoisotopic (exact) mass is 324 g/mol. The van der Waals surface area contributed by atoms with E-state index in [1.807, 2.05) is 23.1 Å². The molecule has 1 aliphatic heterocycles. The van der Waals surface area contributed by atoms with Crippen molar-refractivity contribution >= 4 is 21.8 Å². The van der Waals surface area contributed by atoms with E-state index < -0.39 is 0 Å². The number of hydrogen-bond acceptors (Lipinski definition) is 2. The van der Waals surface area contributed by atoms with Crippen LogP contribution in [0.2, 0.25) is 0 Å². The average molecular weight is 325 g/mol. The van der Waals surface area contributed by atoms with E-state index in [0.717, 1.165) is 35.8 Å². The summed E-state index contributed by atoms with van der Waals surface area (Å²) in [5.74, 6) is 0.232. The number of benzene rings is 1. The fraction of sp³-hybridized carbons (Fsp3) is 0.533. The van der Waals surface area contributed by atoms with E-state index in [0.29, 0.717) is 6.42 Å². The molecule has 0 spiro atoms. The molecule has 4 heteroatoms. The van der Waals surface area contributed by atoms with Crippen molar-refractivity contribution in [1.82, 2.24) is 4.90 Å². The molecule has 3 nitrogen and oxygen atoms in total. The molecule has 19 heavy (non-hydrogen) atoms. The van der Waals surface area contributed by atoms with Gasteiger partial charge in [0.05, 0.1) is 6.04 Å². The van der Waals surface area contributed by atoms with E-state index in [1.165, 1.54) is 0 Å². The third-order valence-electron chi connectivity index (χ3n) is 3.68. The molecule has 104 valence electrons. The number of likely N-dealkylation sites (tertiary alicyclic amines) is 1. The van der Waals surface area contributed by atoms with Crippen molar-refractivity contribution in [2.24, 2.45) is 5.73 Å². The predicted molar refractivity (Wildman–Crippen MR) is 80.7 cm³/mol. The summed E-state index contributed by atoms with van der Waals surface area (Å²) < 4.78 is 1.03. The maximum Gasteiger partial charge on any atom is 0.223 e. The molecular formula is C15H21BrN2O. The van der Waals surface area contributed by atoms with Gasteiger partial charge in [-0.2, -0.15) is 0 Å². The van der Waals surface area contributed by atoms with E-state index in [1.54, 1.807) is 0 Å². The van der Waals surface area contributed by atoms with Gasteiger partial charge in [-0.3, -0.25) is 4.79 Å². The summed E-state index contributed by atoms with van der Waals surface area (Å²) >= 11 is 3.59. The summed E-state index contributed by atoms with van der Waals surface area (Å²) in [7, 11) is 0. The molecule has 0 radical (unpaired) electrons. The summed E-state index contributed by atoms with van der Waals surface area (Å²) in [5.41, 5.74) is 7.47. The van der Waals surface area contributed by atoms with Gasteiger partial charge in [-0.1, -0.05) is 41.1 Å². The Morgan fingerprint density at radius 1 is 1.42 bits per heavy atom. The zero-order valence-corrected chi connectivity index (χ0v) is 12.9. The lowest BCUT2D eigenvalue weighted by molar-refractivity contribution is -0.133. The summed E-state index contributed by atoms with van der Waals surface area (Å²) in [6, 6.07) is 8.08. The summed E-state index contributed by atoms with van der Waals surface area (Å²) in [5, 5.41) is 0. The first-order chi connectivity index (χ1) is 9.15. The minimum atomic E-state index is -0.00877. The van der Waals surface area contributed by atoms with Gasteiger partial charge in [-0.05, 0) is 30.9 Å². The molecule has 2 atom stereocenters. The van der Waals surface area contributed by atoms with Crippen molar-refractivity contribution in [2.45, 2.75) is 44.7 Å². The van der Waals surface area contributed by atoms with Crippen LogP contribution >= 0.6 is 15.9 Å². The highest BCUT2D eigenvalue weighted by Gasteiger charge is 2.33. The number of amides is 1. The van der Waals surface area contributed by atoms with Crippen molar-refractivity contribution in [3.63, 3.8) is 0 Å². The molecule has 0 saturated carbocycles. The first-order valence-electron chi connectivity index (χ1n) is 6.94. The number of nitrogens with zero attached hydrogens (tertiary/aromatic N) is 1. The van der Waals surface area contributed by atoms with Crippen LogP contribution in [-0.4, -0.2) is 23.4 Å². The molecule has 2 unspecified atom stereocenters. The number of carbonyl (C=O) groups excluding carboxylic acids is 1. The Morgan fingerprint density at radius 2 is 2.16 bits per heavy atom. The topological polar surface area (TPSA) is 46.3 Å². The molecule has 0 aliphatic carbocycles. The molecule has 0 aromatic heterocycles. The third-order valence-corrected chi connectivity index (χ3v) is 4.40. The van der Waals surface area contributed by atoms with Crippen LogP contribution in [0.4, 0.5) is 0 Å². The van der Waals surface area contributed by atoms with Gasteiger partial charge in [0.25, 0.3) is 0 Å². The molecule has 1 heterocycles. The van der Waals surface area contributed by atoms with E-state index >= 15 is 0 Å². The lowest BCUT2D eigenvalue weighted by Crippen LogP contribution is -2.42. The van der Waals surface area contributed by atoms with Gasteiger partial charge in [-0.25, -0.2) is 0 Å². The van der Waals surface area contributed by atoms with Gasteiger partial charge in [0, 0.05) is 23.5 Å². The van der Waals surface area contributed by atoms with Crippen LogP contribution in [0.15, 0.2) is 28.7 Å². The Balaban J connectivity index is 2.40. The van der Waals surface area contributed by atoms with Crippen LogP contribution in [-0.2, 0) is 4.79 Å². The van der Waals surface area contributed by atoms with Crippen molar-refractivity contribution in [2.75, 3.05) is 6.54 Å². The largest absolute Gasteiger partial charge is 0.334 e. The van der Waals surface area contributed by atoms with E-state index in [4.69, 9.17) is 5.73 Å². The molecule has 1 aliphatic rings. The first-order valence-corrected chi connectivity index (χ1v) is 7.74. The second-order valence-corrected chi connectivity index (χ2v) is 5.96. The molecule has 0 bridgehead atoms. The van der Waals surface area contributed by atoms with Crippen LogP contribution in [0, 0.1) is 0 Å². The Bertz CT molecular complexity index is 450. The summed E-state index contributed by atoms with van der Waals surface area (Å²) in [4.78, 5) is 14.3. The predicted octanol–water partition coefficient (Wildman–Crippen LogP) is 3.24. The highest BCUT2D eigenvalue weighted by atomic mass is 79.9. The van der Waals surface area contributed by atoms with Crippen LogP contribution < -0.4 is 5.73 Å². The van der Waals surface area contributed by atoms with Crippen molar-refractivity contribution in [3.8, 4) is 0 Å².